The highest BCUT2D eigenvalue weighted by molar-refractivity contribution is 8.00. The molecular weight excluding hydrogens is 504 g/mol. The average molecular weight is 527 g/mol. The molecule has 1 fully saturated rings. The number of carbonyl (C=O) groups excluding carboxylic acids is 3. The second-order valence-electron chi connectivity index (χ2n) is 8.35. The number of esters is 1. The molecule has 2 amide bonds. The number of hydrogen-bond acceptors (Lipinski definition) is 9. The summed E-state index contributed by atoms with van der Waals surface area (Å²) in [5, 5.41) is 5.08. The molecule has 1 N–H and O–H groups in total. The van der Waals surface area contributed by atoms with Gasteiger partial charge in [0.15, 0.2) is 0 Å². The van der Waals surface area contributed by atoms with E-state index in [0.29, 0.717) is 22.7 Å². The Morgan fingerprint density at radius 1 is 1.22 bits per heavy atom. The molecule has 9 nitrogen and oxygen atoms in total. The van der Waals surface area contributed by atoms with E-state index in [1.807, 2.05) is 24.4 Å². The molecule has 5 rings (SSSR count). The van der Waals surface area contributed by atoms with Crippen LogP contribution in [-0.2, 0) is 25.5 Å². The molecule has 3 aromatic rings. The van der Waals surface area contributed by atoms with E-state index < -0.39 is 23.0 Å². The van der Waals surface area contributed by atoms with Gasteiger partial charge < -0.3 is 19.2 Å². The third kappa shape index (κ3) is 4.51. The van der Waals surface area contributed by atoms with Gasteiger partial charge in [-0.2, -0.15) is 0 Å². The number of β-lactam (4-membered cyclic amide) rings is 1. The van der Waals surface area contributed by atoms with E-state index in [4.69, 9.17) is 13.9 Å². The van der Waals surface area contributed by atoms with Crippen LogP contribution in [0.15, 0.2) is 62.3 Å². The third-order valence-corrected chi connectivity index (χ3v) is 8.21. The first-order valence-corrected chi connectivity index (χ1v) is 13.0. The van der Waals surface area contributed by atoms with E-state index in [9.17, 15) is 19.2 Å². The minimum Gasteiger partial charge on any atom is -0.489 e. The van der Waals surface area contributed by atoms with Crippen molar-refractivity contribution in [3.63, 3.8) is 0 Å². The zero-order chi connectivity index (χ0) is 25.4. The SMILES string of the molecule is COC(=O)C1=C(COc2ccc3c(C)cc(=O)oc3c2)CSC2C(NC(=O)Cc3cccs3)C(=O)N12. The highest BCUT2D eigenvalue weighted by Crippen LogP contribution is 2.41. The second-order valence-corrected chi connectivity index (χ2v) is 10.5. The molecule has 0 aliphatic carbocycles. The first-order valence-electron chi connectivity index (χ1n) is 11.1. The molecule has 1 aromatic carbocycles. The van der Waals surface area contributed by atoms with Crippen molar-refractivity contribution in [2.75, 3.05) is 19.5 Å². The summed E-state index contributed by atoms with van der Waals surface area (Å²) in [6.45, 7) is 1.86. The van der Waals surface area contributed by atoms with Crippen LogP contribution in [0.5, 0.6) is 5.75 Å². The molecule has 186 valence electrons. The van der Waals surface area contributed by atoms with Crippen LogP contribution in [0.2, 0.25) is 0 Å². The zero-order valence-corrected chi connectivity index (χ0v) is 21.1. The van der Waals surface area contributed by atoms with Crippen LogP contribution in [0.3, 0.4) is 0 Å². The Kier molecular flexibility index (Phi) is 6.59. The van der Waals surface area contributed by atoms with Gasteiger partial charge in [0, 0.05) is 33.7 Å². The van der Waals surface area contributed by atoms with Crippen molar-refractivity contribution in [1.82, 2.24) is 10.2 Å². The lowest BCUT2D eigenvalue weighted by Crippen LogP contribution is -2.70. The van der Waals surface area contributed by atoms with Crippen molar-refractivity contribution in [2.24, 2.45) is 0 Å². The molecule has 0 spiro atoms. The highest BCUT2D eigenvalue weighted by atomic mass is 32.2. The number of aryl methyl sites for hydroxylation is 1. The molecule has 11 heteroatoms. The lowest BCUT2D eigenvalue weighted by atomic mass is 10.0. The monoisotopic (exact) mass is 526 g/mol. The standard InChI is InChI=1S/C25H22N2O7S2/c1-13-8-20(29)34-18-9-15(5-6-17(13)18)33-11-14-12-36-24-21(23(30)27(24)22(14)25(31)32-2)26-19(28)10-16-4-3-7-35-16/h3-9,21,24H,10-12H2,1-2H3,(H,26,28). The average Bonchev–Trinajstić information content (AvgIpc) is 3.37. The highest BCUT2D eigenvalue weighted by Gasteiger charge is 2.54. The van der Waals surface area contributed by atoms with Crippen LogP contribution >= 0.6 is 23.1 Å². The molecule has 36 heavy (non-hydrogen) atoms. The van der Waals surface area contributed by atoms with Gasteiger partial charge in [0.1, 0.15) is 35.1 Å². The normalized spacial score (nSPS) is 19.1. The minimum absolute atomic E-state index is 0.0326. The van der Waals surface area contributed by atoms with E-state index in [1.54, 1.807) is 18.2 Å². The fourth-order valence-corrected chi connectivity index (χ4v) is 6.27. The molecule has 2 atom stereocenters. The Labute approximate surface area is 214 Å². The number of thiophene rings is 1. The Morgan fingerprint density at radius 3 is 2.81 bits per heavy atom. The maximum Gasteiger partial charge on any atom is 0.354 e. The number of fused-ring (bicyclic) bond motifs is 2. The summed E-state index contributed by atoms with van der Waals surface area (Å²) in [6, 6.07) is 9.61. The summed E-state index contributed by atoms with van der Waals surface area (Å²) in [4.78, 5) is 52.0. The van der Waals surface area contributed by atoms with Crippen molar-refractivity contribution in [3.8, 4) is 5.75 Å². The summed E-state index contributed by atoms with van der Waals surface area (Å²) in [7, 11) is 1.25. The van der Waals surface area contributed by atoms with E-state index in [0.717, 1.165) is 15.8 Å². The van der Waals surface area contributed by atoms with Gasteiger partial charge in [0.25, 0.3) is 5.91 Å². The fraction of sp³-hybridized carbons (Fsp3) is 0.280. The molecule has 0 bridgehead atoms. The van der Waals surface area contributed by atoms with Crippen LogP contribution in [0.4, 0.5) is 0 Å². The zero-order valence-electron chi connectivity index (χ0n) is 19.4. The number of ether oxygens (including phenoxy) is 2. The minimum atomic E-state index is -0.712. The topological polar surface area (TPSA) is 115 Å². The van der Waals surface area contributed by atoms with Gasteiger partial charge in [-0.3, -0.25) is 14.5 Å². The van der Waals surface area contributed by atoms with E-state index >= 15 is 0 Å². The van der Waals surface area contributed by atoms with Gasteiger partial charge in [-0.15, -0.1) is 23.1 Å². The predicted octanol–water partition coefficient (Wildman–Crippen LogP) is 2.61. The van der Waals surface area contributed by atoms with Crippen molar-refractivity contribution in [3.05, 3.63) is 73.9 Å². The van der Waals surface area contributed by atoms with Gasteiger partial charge >= 0.3 is 11.6 Å². The molecule has 2 aromatic heterocycles. The van der Waals surface area contributed by atoms with Gasteiger partial charge in [-0.25, -0.2) is 9.59 Å². The lowest BCUT2D eigenvalue weighted by molar-refractivity contribution is -0.151. The lowest BCUT2D eigenvalue weighted by Gasteiger charge is -2.49. The Hall–Kier alpha value is -3.57. The van der Waals surface area contributed by atoms with Crippen LogP contribution in [0, 0.1) is 6.92 Å². The number of nitrogens with zero attached hydrogens (tertiary/aromatic N) is 1. The van der Waals surface area contributed by atoms with E-state index in [1.165, 1.54) is 41.2 Å². The fourth-order valence-electron chi connectivity index (χ4n) is 4.24. The van der Waals surface area contributed by atoms with Gasteiger partial charge in [-0.05, 0) is 36.1 Å². The van der Waals surface area contributed by atoms with Crippen LogP contribution in [0.1, 0.15) is 10.4 Å². The van der Waals surface area contributed by atoms with Crippen molar-refractivity contribution in [1.29, 1.82) is 0 Å². The maximum absolute atomic E-state index is 13.0. The Morgan fingerprint density at radius 2 is 2.06 bits per heavy atom. The van der Waals surface area contributed by atoms with Crippen molar-refractivity contribution >= 4 is 51.9 Å². The number of thioether (sulfide) groups is 1. The van der Waals surface area contributed by atoms with Gasteiger partial charge in [0.05, 0.1) is 13.5 Å². The number of benzene rings is 1. The molecular formula is C25H22N2O7S2. The first-order chi connectivity index (χ1) is 17.4. The summed E-state index contributed by atoms with van der Waals surface area (Å²) in [5.74, 6) is -0.387. The number of nitrogens with one attached hydrogen (secondary N) is 1. The Bertz CT molecular complexity index is 1440. The molecule has 2 unspecified atom stereocenters. The molecule has 1 saturated heterocycles. The summed E-state index contributed by atoms with van der Waals surface area (Å²) in [6.07, 6.45) is 0.197. The van der Waals surface area contributed by atoms with Crippen LogP contribution < -0.4 is 15.7 Å². The van der Waals surface area contributed by atoms with E-state index in [2.05, 4.69) is 5.32 Å². The smallest absolute Gasteiger partial charge is 0.354 e. The maximum atomic E-state index is 13.0. The number of rotatable bonds is 7. The van der Waals surface area contributed by atoms with E-state index in [-0.39, 0.29) is 30.5 Å². The number of amides is 2. The molecule has 0 radical (unpaired) electrons. The molecule has 2 aliphatic heterocycles. The van der Waals surface area contributed by atoms with Crippen LogP contribution in [-0.4, -0.2) is 53.6 Å². The second kappa shape index (κ2) is 9.82. The summed E-state index contributed by atoms with van der Waals surface area (Å²) >= 11 is 2.92. The summed E-state index contributed by atoms with van der Waals surface area (Å²) in [5.41, 5.74) is 1.48. The van der Waals surface area contributed by atoms with Crippen LogP contribution in [0.25, 0.3) is 11.0 Å². The predicted molar refractivity (Wildman–Crippen MR) is 135 cm³/mol. The van der Waals surface area contributed by atoms with Gasteiger partial charge in [-0.1, -0.05) is 6.07 Å². The van der Waals surface area contributed by atoms with Crippen molar-refractivity contribution < 1.29 is 28.3 Å². The number of hydrogen-bond donors (Lipinski definition) is 1. The summed E-state index contributed by atoms with van der Waals surface area (Å²) < 4.78 is 16.1. The Balaban J connectivity index is 1.32. The van der Waals surface area contributed by atoms with Crippen molar-refractivity contribution in [2.45, 2.75) is 24.8 Å². The quantitative estimate of drug-likeness (QED) is 0.284. The van der Waals surface area contributed by atoms with Gasteiger partial charge in [0.2, 0.25) is 5.91 Å². The molecule has 2 aliphatic rings. The first kappa shape index (κ1) is 24.1. The third-order valence-electron chi connectivity index (χ3n) is 5.99. The number of carbonyl (C=O) groups is 3. The number of methoxy groups -OCH3 is 1. The largest absolute Gasteiger partial charge is 0.489 e. The molecule has 4 heterocycles. The molecule has 0 saturated carbocycles.